The van der Waals surface area contributed by atoms with Gasteiger partial charge >= 0.3 is 0 Å². The summed E-state index contributed by atoms with van der Waals surface area (Å²) in [7, 11) is 0. The van der Waals surface area contributed by atoms with E-state index in [-0.39, 0.29) is 5.91 Å². The van der Waals surface area contributed by atoms with Gasteiger partial charge in [0.25, 0.3) is 5.91 Å². The highest BCUT2D eigenvalue weighted by atomic mass is 16.5. The minimum Gasteiger partial charge on any atom is -0.481 e. The Labute approximate surface area is 159 Å². The smallest absolute Gasteiger partial charge is 0.263 e. The van der Waals surface area contributed by atoms with Crippen LogP contribution in [0.2, 0.25) is 0 Å². The SMILES string of the molecule is Cc1cccc(OC(C)C(=O)N(Cc2ccncc2)Cc2cccnc2)c1. The van der Waals surface area contributed by atoms with Crippen molar-refractivity contribution >= 4 is 5.91 Å². The Morgan fingerprint density at radius 3 is 2.48 bits per heavy atom. The number of amides is 1. The molecule has 0 N–H and O–H groups in total. The maximum absolute atomic E-state index is 13.1. The number of hydrogen-bond donors (Lipinski definition) is 0. The molecule has 0 aliphatic rings. The van der Waals surface area contributed by atoms with E-state index < -0.39 is 6.10 Å². The molecule has 0 aliphatic heterocycles. The molecule has 0 fully saturated rings. The molecule has 1 aromatic carbocycles. The van der Waals surface area contributed by atoms with Crippen LogP contribution in [0.3, 0.4) is 0 Å². The minimum absolute atomic E-state index is 0.0721. The number of carbonyl (C=O) groups excluding carboxylic acids is 1. The second kappa shape index (κ2) is 8.94. The molecule has 1 amide bonds. The zero-order valence-electron chi connectivity index (χ0n) is 15.6. The van der Waals surface area contributed by atoms with Crippen LogP contribution in [0.25, 0.3) is 0 Å². The van der Waals surface area contributed by atoms with Crippen LogP contribution < -0.4 is 4.74 Å². The Morgan fingerprint density at radius 1 is 1.00 bits per heavy atom. The average Bonchev–Trinajstić information content (AvgIpc) is 2.68. The van der Waals surface area contributed by atoms with Crippen LogP contribution in [0.5, 0.6) is 5.75 Å². The van der Waals surface area contributed by atoms with Crippen molar-refractivity contribution in [3.63, 3.8) is 0 Å². The molecule has 27 heavy (non-hydrogen) atoms. The van der Waals surface area contributed by atoms with E-state index in [0.29, 0.717) is 18.8 Å². The fraction of sp³-hybridized carbons (Fsp3) is 0.227. The van der Waals surface area contributed by atoms with Crippen LogP contribution in [0.1, 0.15) is 23.6 Å². The molecule has 138 valence electrons. The number of rotatable bonds is 7. The van der Waals surface area contributed by atoms with E-state index in [0.717, 1.165) is 16.7 Å². The van der Waals surface area contributed by atoms with Crippen molar-refractivity contribution in [2.75, 3.05) is 0 Å². The summed E-state index contributed by atoms with van der Waals surface area (Å²) < 4.78 is 5.89. The van der Waals surface area contributed by atoms with E-state index in [9.17, 15) is 4.79 Å². The number of aryl methyl sites for hydroxylation is 1. The molecule has 3 aromatic rings. The van der Waals surface area contributed by atoms with Crippen LogP contribution >= 0.6 is 0 Å². The van der Waals surface area contributed by atoms with E-state index in [1.54, 1.807) is 36.6 Å². The summed E-state index contributed by atoms with van der Waals surface area (Å²) in [4.78, 5) is 23.1. The van der Waals surface area contributed by atoms with Crippen molar-refractivity contribution in [3.05, 3.63) is 90.0 Å². The lowest BCUT2D eigenvalue weighted by molar-refractivity contribution is -0.139. The van der Waals surface area contributed by atoms with Crippen LogP contribution in [0.15, 0.2) is 73.3 Å². The molecular weight excluding hydrogens is 338 g/mol. The molecule has 5 heteroatoms. The first-order chi connectivity index (χ1) is 13.1. The normalized spacial score (nSPS) is 11.6. The lowest BCUT2D eigenvalue weighted by atomic mass is 10.2. The molecule has 0 bridgehead atoms. The zero-order chi connectivity index (χ0) is 19.1. The van der Waals surface area contributed by atoms with Crippen molar-refractivity contribution in [3.8, 4) is 5.75 Å². The van der Waals surface area contributed by atoms with Crippen LogP contribution in [0, 0.1) is 6.92 Å². The number of hydrogen-bond acceptors (Lipinski definition) is 4. The average molecular weight is 361 g/mol. The van der Waals surface area contributed by atoms with Gasteiger partial charge in [0.15, 0.2) is 6.10 Å². The molecule has 2 heterocycles. The number of carbonyl (C=O) groups is 1. The van der Waals surface area contributed by atoms with Gasteiger partial charge in [0.05, 0.1) is 0 Å². The summed E-state index contributed by atoms with van der Waals surface area (Å²) in [5.74, 6) is 0.623. The summed E-state index contributed by atoms with van der Waals surface area (Å²) in [6, 6.07) is 15.4. The van der Waals surface area contributed by atoms with Gasteiger partial charge in [-0.3, -0.25) is 14.8 Å². The summed E-state index contributed by atoms with van der Waals surface area (Å²) in [5.41, 5.74) is 3.09. The maximum atomic E-state index is 13.1. The number of ether oxygens (including phenoxy) is 1. The zero-order valence-corrected chi connectivity index (χ0v) is 15.6. The van der Waals surface area contributed by atoms with Crippen molar-refractivity contribution in [2.24, 2.45) is 0 Å². The van der Waals surface area contributed by atoms with Crippen molar-refractivity contribution < 1.29 is 9.53 Å². The second-order valence-electron chi connectivity index (χ2n) is 6.49. The van der Waals surface area contributed by atoms with Crippen molar-refractivity contribution in [1.29, 1.82) is 0 Å². The van der Waals surface area contributed by atoms with Crippen LogP contribution in [0.4, 0.5) is 0 Å². The first kappa shape index (κ1) is 18.6. The lowest BCUT2D eigenvalue weighted by Gasteiger charge is -2.26. The quantitative estimate of drug-likeness (QED) is 0.643. The van der Waals surface area contributed by atoms with Gasteiger partial charge in [0, 0.05) is 37.9 Å². The largest absolute Gasteiger partial charge is 0.481 e. The molecule has 1 unspecified atom stereocenters. The Morgan fingerprint density at radius 2 is 1.78 bits per heavy atom. The fourth-order valence-electron chi connectivity index (χ4n) is 2.83. The van der Waals surface area contributed by atoms with Crippen LogP contribution in [-0.4, -0.2) is 26.9 Å². The van der Waals surface area contributed by atoms with E-state index in [2.05, 4.69) is 9.97 Å². The van der Waals surface area contributed by atoms with Gasteiger partial charge in [-0.15, -0.1) is 0 Å². The molecule has 0 spiro atoms. The van der Waals surface area contributed by atoms with Gasteiger partial charge in [-0.2, -0.15) is 0 Å². The summed E-state index contributed by atoms with van der Waals surface area (Å²) in [5, 5.41) is 0. The number of nitrogens with zero attached hydrogens (tertiary/aromatic N) is 3. The first-order valence-electron chi connectivity index (χ1n) is 8.92. The number of benzene rings is 1. The minimum atomic E-state index is -0.592. The Kier molecular flexibility index (Phi) is 6.15. The molecule has 2 aromatic heterocycles. The molecule has 0 saturated heterocycles. The monoisotopic (exact) mass is 361 g/mol. The first-order valence-corrected chi connectivity index (χ1v) is 8.92. The number of aromatic nitrogens is 2. The molecule has 0 aliphatic carbocycles. The third-order valence-corrected chi connectivity index (χ3v) is 4.18. The highest BCUT2D eigenvalue weighted by Gasteiger charge is 2.23. The molecule has 0 saturated carbocycles. The summed E-state index contributed by atoms with van der Waals surface area (Å²) >= 11 is 0. The highest BCUT2D eigenvalue weighted by molar-refractivity contribution is 5.81. The standard InChI is InChI=1S/C22H23N3O2/c1-17-5-3-7-21(13-17)27-18(2)22(26)25(15-19-8-11-23-12-9-19)16-20-6-4-10-24-14-20/h3-14,18H,15-16H2,1-2H3. The van der Waals surface area contributed by atoms with E-state index >= 15 is 0 Å². The van der Waals surface area contributed by atoms with E-state index in [1.165, 1.54) is 0 Å². The second-order valence-corrected chi connectivity index (χ2v) is 6.49. The Hall–Kier alpha value is -3.21. The van der Waals surface area contributed by atoms with Gasteiger partial charge < -0.3 is 9.64 Å². The summed E-state index contributed by atoms with van der Waals surface area (Å²) in [6.45, 7) is 4.74. The molecule has 3 rings (SSSR count). The van der Waals surface area contributed by atoms with Crippen molar-refractivity contribution in [1.82, 2.24) is 14.9 Å². The maximum Gasteiger partial charge on any atom is 0.263 e. The van der Waals surface area contributed by atoms with E-state index in [1.807, 2.05) is 55.5 Å². The van der Waals surface area contributed by atoms with Gasteiger partial charge in [0.2, 0.25) is 0 Å². The molecular formula is C22H23N3O2. The van der Waals surface area contributed by atoms with Gasteiger partial charge in [-0.05, 0) is 60.9 Å². The third-order valence-electron chi connectivity index (χ3n) is 4.18. The van der Waals surface area contributed by atoms with Crippen molar-refractivity contribution in [2.45, 2.75) is 33.0 Å². The lowest BCUT2D eigenvalue weighted by Crippen LogP contribution is -2.39. The van der Waals surface area contributed by atoms with Crippen LogP contribution in [-0.2, 0) is 17.9 Å². The number of pyridine rings is 2. The van der Waals surface area contributed by atoms with Gasteiger partial charge in [-0.25, -0.2) is 0 Å². The topological polar surface area (TPSA) is 55.3 Å². The van der Waals surface area contributed by atoms with Gasteiger partial charge in [-0.1, -0.05) is 18.2 Å². The molecule has 0 radical (unpaired) electrons. The molecule has 5 nitrogen and oxygen atoms in total. The predicted molar refractivity (Wildman–Crippen MR) is 104 cm³/mol. The predicted octanol–water partition coefficient (Wildman–Crippen LogP) is 3.78. The third kappa shape index (κ3) is 5.38. The van der Waals surface area contributed by atoms with Gasteiger partial charge in [0.1, 0.15) is 5.75 Å². The summed E-state index contributed by atoms with van der Waals surface area (Å²) in [6.07, 6.45) is 6.37. The Bertz CT molecular complexity index is 827. The van der Waals surface area contributed by atoms with E-state index in [4.69, 9.17) is 4.74 Å². The highest BCUT2D eigenvalue weighted by Crippen LogP contribution is 2.17. The fourth-order valence-corrected chi connectivity index (χ4v) is 2.83. The Balaban J connectivity index is 1.76. The molecule has 1 atom stereocenters.